The second kappa shape index (κ2) is 13.0. The highest BCUT2D eigenvalue weighted by molar-refractivity contribution is 7.80. The van der Waals surface area contributed by atoms with Crippen molar-refractivity contribution in [1.29, 1.82) is 0 Å². The Kier molecular flexibility index (Phi) is 9.80. The predicted octanol–water partition coefficient (Wildman–Crippen LogP) is 5.29. The molecule has 0 saturated heterocycles. The van der Waals surface area contributed by atoms with Gasteiger partial charge in [0.05, 0.1) is 17.3 Å². The Morgan fingerprint density at radius 1 is 0.944 bits per heavy atom. The fourth-order valence-corrected chi connectivity index (χ4v) is 4.78. The number of nitrogens with one attached hydrogen (secondary N) is 4. The Labute approximate surface area is 223 Å². The average Bonchev–Trinajstić information content (AvgIpc) is 3.19. The van der Waals surface area contributed by atoms with Crippen molar-refractivity contribution in [3.05, 3.63) is 70.1 Å². The summed E-state index contributed by atoms with van der Waals surface area (Å²) >= 11 is 12.7. The quantitative estimate of drug-likeness (QED) is 0.173. The van der Waals surface area contributed by atoms with Crippen LogP contribution in [-0.4, -0.2) is 29.5 Å². The molecule has 1 heterocycles. The Bertz CT molecular complexity index is 1260. The third-order valence-corrected chi connectivity index (χ3v) is 6.45. The number of ether oxygens (including phenoxy) is 1. The van der Waals surface area contributed by atoms with Gasteiger partial charge in [-0.05, 0) is 43.8 Å². The normalized spacial score (nSPS) is 10.3. The maximum Gasteiger partial charge on any atom is 0.341 e. The fraction of sp³-hybridized carbons (Fsp3) is 0.200. The molecule has 0 spiro atoms. The summed E-state index contributed by atoms with van der Waals surface area (Å²) in [6.45, 7) is 3.87. The molecule has 0 saturated carbocycles. The van der Waals surface area contributed by atoms with Gasteiger partial charge in [0, 0.05) is 23.3 Å². The largest absolute Gasteiger partial charge is 0.462 e. The topological polar surface area (TPSA) is 109 Å². The van der Waals surface area contributed by atoms with Crippen molar-refractivity contribution in [1.82, 2.24) is 10.9 Å². The number of hydrogen-bond donors (Lipinski definition) is 4. The summed E-state index contributed by atoms with van der Waals surface area (Å²) in [6, 6.07) is 16.4. The van der Waals surface area contributed by atoms with Crippen LogP contribution in [0.5, 0.6) is 0 Å². The van der Waals surface area contributed by atoms with Gasteiger partial charge in [-0.25, -0.2) is 4.79 Å². The lowest BCUT2D eigenvalue weighted by Crippen LogP contribution is -2.44. The molecular weight excluding hydrogens is 520 g/mol. The minimum atomic E-state index is -0.473. The highest BCUT2D eigenvalue weighted by atomic mass is 35.5. The molecule has 0 fully saturated rings. The van der Waals surface area contributed by atoms with E-state index >= 15 is 0 Å². The molecule has 1 aromatic heterocycles. The van der Waals surface area contributed by atoms with Crippen molar-refractivity contribution in [2.45, 2.75) is 26.7 Å². The lowest BCUT2D eigenvalue weighted by atomic mass is 10.0. The molecule has 36 heavy (non-hydrogen) atoms. The third-order valence-electron chi connectivity index (χ3n) is 4.90. The fourth-order valence-electron chi connectivity index (χ4n) is 3.31. The number of hydrogen-bond acceptors (Lipinski definition) is 6. The molecule has 0 atom stereocenters. The first-order valence-electron chi connectivity index (χ1n) is 11.1. The van der Waals surface area contributed by atoms with Gasteiger partial charge in [-0.15, -0.1) is 11.3 Å². The van der Waals surface area contributed by atoms with Crippen molar-refractivity contribution in [2.24, 2.45) is 0 Å². The zero-order valence-corrected chi connectivity index (χ0v) is 22.0. The Hall–Kier alpha value is -3.47. The van der Waals surface area contributed by atoms with Crippen molar-refractivity contribution >= 4 is 68.7 Å². The number of hydrazine groups is 1. The lowest BCUT2D eigenvalue weighted by Gasteiger charge is -2.13. The van der Waals surface area contributed by atoms with Gasteiger partial charge in [0.1, 0.15) is 10.6 Å². The van der Waals surface area contributed by atoms with Gasteiger partial charge in [0.2, 0.25) is 11.8 Å². The summed E-state index contributed by atoms with van der Waals surface area (Å²) in [5, 5.41) is 6.62. The van der Waals surface area contributed by atoms with E-state index in [0.717, 1.165) is 16.0 Å². The minimum Gasteiger partial charge on any atom is -0.462 e. The zero-order valence-electron chi connectivity index (χ0n) is 19.6. The number of halogens is 1. The van der Waals surface area contributed by atoms with Gasteiger partial charge in [0.25, 0.3) is 0 Å². The molecule has 0 unspecified atom stereocenters. The zero-order chi connectivity index (χ0) is 26.1. The van der Waals surface area contributed by atoms with Crippen LogP contribution in [0.15, 0.2) is 54.6 Å². The lowest BCUT2D eigenvalue weighted by molar-refractivity contribution is -0.124. The SMILES string of the molecule is CCOC(=O)c1c(NC(=S)NNC(=O)CCC(=O)Nc2ccccc2Cl)sc(C)c1-c1ccccc1. The van der Waals surface area contributed by atoms with Crippen LogP contribution in [0, 0.1) is 6.92 Å². The number of aryl methyl sites for hydroxylation is 1. The molecule has 2 amide bonds. The molecule has 188 valence electrons. The predicted molar refractivity (Wildman–Crippen MR) is 147 cm³/mol. The van der Waals surface area contributed by atoms with E-state index in [0.29, 0.717) is 21.3 Å². The number of anilines is 2. The van der Waals surface area contributed by atoms with Gasteiger partial charge >= 0.3 is 5.97 Å². The van der Waals surface area contributed by atoms with Crippen LogP contribution in [0.2, 0.25) is 5.02 Å². The van der Waals surface area contributed by atoms with Crippen molar-refractivity contribution in [3.8, 4) is 11.1 Å². The van der Waals surface area contributed by atoms with Crippen molar-refractivity contribution in [2.75, 3.05) is 17.2 Å². The van der Waals surface area contributed by atoms with Gasteiger partial charge in [-0.1, -0.05) is 54.1 Å². The number of thiophene rings is 1. The van der Waals surface area contributed by atoms with Crippen LogP contribution in [0.4, 0.5) is 10.7 Å². The molecule has 0 aliphatic carbocycles. The Balaban J connectivity index is 1.58. The standard InChI is InChI=1S/C25H25ClN4O4S2/c1-3-34-24(33)22-21(16-9-5-4-6-10-16)15(2)36-23(22)28-25(35)30-29-20(32)14-13-19(31)27-18-12-8-7-11-17(18)26/h4-12H,3,13-14H2,1-2H3,(H,27,31)(H,29,32)(H2,28,30,35). The summed E-state index contributed by atoms with van der Waals surface area (Å²) in [7, 11) is 0. The van der Waals surface area contributed by atoms with Gasteiger partial charge in [0.15, 0.2) is 5.11 Å². The van der Waals surface area contributed by atoms with Crippen molar-refractivity contribution in [3.63, 3.8) is 0 Å². The summed E-state index contributed by atoms with van der Waals surface area (Å²) < 4.78 is 5.28. The first-order valence-corrected chi connectivity index (χ1v) is 12.7. The third kappa shape index (κ3) is 7.27. The minimum absolute atomic E-state index is 0.0452. The Morgan fingerprint density at radius 2 is 1.61 bits per heavy atom. The van der Waals surface area contributed by atoms with Gasteiger partial charge in [-0.3, -0.25) is 20.4 Å². The number of rotatable bonds is 8. The van der Waals surface area contributed by atoms with Crippen LogP contribution in [-0.2, 0) is 14.3 Å². The molecule has 3 aromatic rings. The van der Waals surface area contributed by atoms with Crippen LogP contribution in [0.3, 0.4) is 0 Å². The number of thiocarbonyl (C=S) groups is 1. The van der Waals surface area contributed by atoms with E-state index in [2.05, 4.69) is 21.5 Å². The summed E-state index contributed by atoms with van der Waals surface area (Å²) in [4.78, 5) is 38.0. The maximum absolute atomic E-state index is 12.8. The number of amides is 2. The van der Waals surface area contributed by atoms with E-state index in [-0.39, 0.29) is 30.5 Å². The molecule has 4 N–H and O–H groups in total. The molecule has 11 heteroatoms. The highest BCUT2D eigenvalue weighted by Gasteiger charge is 2.25. The molecule has 0 bridgehead atoms. The second-order valence-electron chi connectivity index (χ2n) is 7.48. The highest BCUT2D eigenvalue weighted by Crippen LogP contribution is 2.40. The van der Waals surface area contributed by atoms with Gasteiger partial charge in [-0.2, -0.15) is 0 Å². The number of benzene rings is 2. The number of carbonyl (C=O) groups excluding carboxylic acids is 3. The molecular formula is C25H25ClN4O4S2. The van der Waals surface area contributed by atoms with Crippen LogP contribution >= 0.6 is 35.2 Å². The summed E-state index contributed by atoms with van der Waals surface area (Å²) in [6.07, 6.45) is -0.118. The average molecular weight is 545 g/mol. The first-order chi connectivity index (χ1) is 17.3. The van der Waals surface area contributed by atoms with Gasteiger partial charge < -0.3 is 15.4 Å². The number of para-hydroxylation sites is 1. The van der Waals surface area contributed by atoms with E-state index in [9.17, 15) is 14.4 Å². The van der Waals surface area contributed by atoms with Crippen molar-refractivity contribution < 1.29 is 19.1 Å². The number of esters is 1. The second-order valence-corrected chi connectivity index (χ2v) is 9.52. The molecule has 3 rings (SSSR count). The molecule has 0 radical (unpaired) electrons. The van der Waals surface area contributed by atoms with Crippen LogP contribution in [0.1, 0.15) is 35.0 Å². The monoisotopic (exact) mass is 544 g/mol. The van der Waals surface area contributed by atoms with E-state index in [1.54, 1.807) is 31.2 Å². The van der Waals surface area contributed by atoms with Crippen LogP contribution in [0.25, 0.3) is 11.1 Å². The Morgan fingerprint density at radius 3 is 2.31 bits per heavy atom. The summed E-state index contributed by atoms with van der Waals surface area (Å²) in [5.41, 5.74) is 7.54. The smallest absolute Gasteiger partial charge is 0.341 e. The molecule has 2 aromatic carbocycles. The summed E-state index contributed by atoms with van der Waals surface area (Å²) in [5.74, 6) is -1.26. The maximum atomic E-state index is 12.8. The van der Waals surface area contributed by atoms with Crippen LogP contribution < -0.4 is 21.5 Å². The molecule has 8 nitrogen and oxygen atoms in total. The van der Waals surface area contributed by atoms with E-state index < -0.39 is 11.9 Å². The molecule has 0 aliphatic rings. The first kappa shape index (κ1) is 27.1. The number of carbonyl (C=O) groups is 3. The molecule has 0 aliphatic heterocycles. The van der Waals surface area contributed by atoms with E-state index in [4.69, 9.17) is 28.6 Å². The van der Waals surface area contributed by atoms with E-state index in [1.165, 1.54) is 11.3 Å². The van der Waals surface area contributed by atoms with E-state index in [1.807, 2.05) is 37.3 Å².